The Balaban J connectivity index is 1.87. The van der Waals surface area contributed by atoms with E-state index in [4.69, 9.17) is 0 Å². The summed E-state index contributed by atoms with van der Waals surface area (Å²) in [6.45, 7) is 0.620. The molecule has 4 rings (SSSR count). The number of nitrogens with zero attached hydrogens (tertiary/aromatic N) is 3. The Morgan fingerprint density at radius 3 is 2.25 bits per heavy atom. The molecule has 0 unspecified atom stereocenters. The van der Waals surface area contributed by atoms with Gasteiger partial charge in [-0.1, -0.05) is 18.2 Å². The zero-order valence-electron chi connectivity index (χ0n) is 20.1. The van der Waals surface area contributed by atoms with Crippen molar-refractivity contribution in [3.05, 3.63) is 82.5 Å². The molecule has 0 bridgehead atoms. The molecule has 2 aromatic heterocycles. The van der Waals surface area contributed by atoms with Gasteiger partial charge in [0.2, 0.25) is 5.88 Å². The van der Waals surface area contributed by atoms with Gasteiger partial charge in [0.15, 0.2) is 0 Å². The van der Waals surface area contributed by atoms with Crippen LogP contribution in [0.2, 0.25) is 0 Å². The van der Waals surface area contributed by atoms with E-state index in [1.807, 2.05) is 0 Å². The van der Waals surface area contributed by atoms with Crippen molar-refractivity contribution in [1.82, 2.24) is 14.1 Å². The summed E-state index contributed by atoms with van der Waals surface area (Å²) in [5.41, 5.74) is -6.61. The molecule has 0 aliphatic rings. The van der Waals surface area contributed by atoms with Crippen LogP contribution in [-0.2, 0) is 25.9 Å². The number of alkyl halides is 6. The molecule has 0 saturated carbocycles. The summed E-state index contributed by atoms with van der Waals surface area (Å²) >= 11 is 0. The zero-order chi connectivity index (χ0) is 29.6. The number of aromatic hydroxyl groups is 1. The monoisotopic (exact) mass is 589 g/mol. The maximum atomic E-state index is 13.5. The quantitative estimate of drug-likeness (QED) is 0.262. The average Bonchev–Trinajstić information content (AvgIpc) is 3.12. The summed E-state index contributed by atoms with van der Waals surface area (Å²) in [6.07, 6.45) is -5.81. The number of rotatable bonds is 6. The van der Waals surface area contributed by atoms with E-state index in [2.05, 4.69) is 9.72 Å². The third kappa shape index (κ3) is 5.13. The first-order valence-corrected chi connectivity index (χ1v) is 12.6. The van der Waals surface area contributed by atoms with Crippen molar-refractivity contribution in [3.63, 3.8) is 0 Å². The Kier molecular flexibility index (Phi) is 7.17. The van der Waals surface area contributed by atoms with Crippen LogP contribution in [0.15, 0.2) is 70.5 Å². The zero-order valence-corrected chi connectivity index (χ0v) is 20.9. The number of esters is 1. The van der Waals surface area contributed by atoms with Crippen LogP contribution in [0.3, 0.4) is 0 Å². The fourth-order valence-electron chi connectivity index (χ4n) is 3.99. The van der Waals surface area contributed by atoms with Gasteiger partial charge in [0.25, 0.3) is 9.84 Å². The number of carbonyl (C=O) groups is 1. The van der Waals surface area contributed by atoms with E-state index in [1.54, 1.807) is 24.3 Å². The summed E-state index contributed by atoms with van der Waals surface area (Å²) in [5.74, 6) is -3.58. The van der Waals surface area contributed by atoms with Crippen molar-refractivity contribution in [3.8, 4) is 11.6 Å². The van der Waals surface area contributed by atoms with Crippen LogP contribution in [0.1, 0.15) is 24.3 Å². The van der Waals surface area contributed by atoms with Gasteiger partial charge in [-0.15, -0.1) is 0 Å². The lowest BCUT2D eigenvalue weighted by atomic mass is 10.1. The molecule has 0 fully saturated rings. The largest absolute Gasteiger partial charge is 0.501 e. The molecular weight excluding hydrogens is 572 g/mol. The van der Waals surface area contributed by atoms with Gasteiger partial charge in [-0.3, -0.25) is 9.55 Å². The molecule has 212 valence electrons. The number of pyridine rings is 1. The Morgan fingerprint density at radius 2 is 1.65 bits per heavy atom. The predicted octanol–water partition coefficient (Wildman–Crippen LogP) is 4.40. The highest BCUT2D eigenvalue weighted by molar-refractivity contribution is 7.92. The average molecular weight is 589 g/mol. The number of aromatic nitrogens is 3. The second-order valence-corrected chi connectivity index (χ2v) is 10.3. The maximum absolute atomic E-state index is 13.5. The number of halogens is 6. The van der Waals surface area contributed by atoms with E-state index in [9.17, 15) is 49.5 Å². The minimum absolute atomic E-state index is 0.322. The van der Waals surface area contributed by atoms with E-state index in [0.29, 0.717) is 33.2 Å². The SMILES string of the molecule is C[C@@H](OC(=O)C(F)(F)F)c1c(O)n(-c2ccc(S(=O)(=O)C(F)(F)F)cc2)c(=O)n1Cc1ccnc2ccccc12. The number of ether oxygens (including phenoxy) is 1. The molecule has 16 heteroatoms. The highest BCUT2D eigenvalue weighted by Gasteiger charge is 2.47. The smallest absolute Gasteiger partial charge is 0.493 e. The predicted molar refractivity (Wildman–Crippen MR) is 126 cm³/mol. The molecule has 40 heavy (non-hydrogen) atoms. The number of para-hydroxylation sites is 1. The van der Waals surface area contributed by atoms with Crippen molar-refractivity contribution in [2.45, 2.75) is 36.2 Å². The molecule has 0 radical (unpaired) electrons. The van der Waals surface area contributed by atoms with Gasteiger partial charge in [-0.2, -0.15) is 26.3 Å². The number of sulfone groups is 1. The van der Waals surface area contributed by atoms with Crippen LogP contribution in [-0.4, -0.2) is 45.3 Å². The molecule has 0 aliphatic carbocycles. The van der Waals surface area contributed by atoms with Crippen LogP contribution >= 0.6 is 0 Å². The first-order chi connectivity index (χ1) is 18.5. The van der Waals surface area contributed by atoms with Crippen molar-refractivity contribution in [1.29, 1.82) is 0 Å². The van der Waals surface area contributed by atoms with Crippen LogP contribution in [0, 0.1) is 0 Å². The van der Waals surface area contributed by atoms with Crippen LogP contribution in [0.5, 0.6) is 5.88 Å². The summed E-state index contributed by atoms with van der Waals surface area (Å²) in [7, 11) is -5.73. The second-order valence-electron chi connectivity index (χ2n) is 8.39. The molecule has 0 aliphatic heterocycles. The number of hydrogen-bond acceptors (Lipinski definition) is 7. The van der Waals surface area contributed by atoms with Crippen LogP contribution < -0.4 is 5.69 Å². The lowest BCUT2D eigenvalue weighted by Gasteiger charge is -2.17. The van der Waals surface area contributed by atoms with Gasteiger partial charge in [0, 0.05) is 11.6 Å². The summed E-state index contributed by atoms with van der Waals surface area (Å²) in [4.78, 5) is 28.0. The Bertz CT molecular complexity index is 1750. The third-order valence-electron chi connectivity index (χ3n) is 5.83. The number of carbonyl (C=O) groups excluding carboxylic acids is 1. The molecule has 0 amide bonds. The lowest BCUT2D eigenvalue weighted by molar-refractivity contribution is -0.204. The standard InChI is InChI=1S/C24H17F6N3O6S/c1-13(39-21(35)23(25,26)27)19-20(34)33(15-6-8-16(9-7-15)40(37,38)24(28,29)30)22(36)32(19)12-14-10-11-31-18-5-3-2-4-17(14)18/h2-11,13,34H,12H2,1H3/t13-/m1/s1. The highest BCUT2D eigenvalue weighted by Crippen LogP contribution is 2.33. The molecule has 1 N–H and O–H groups in total. The van der Waals surface area contributed by atoms with Crippen molar-refractivity contribution in [2.75, 3.05) is 0 Å². The van der Waals surface area contributed by atoms with Gasteiger partial charge in [0.05, 0.1) is 22.6 Å². The van der Waals surface area contributed by atoms with E-state index < -0.39 is 55.8 Å². The molecule has 1 atom stereocenters. The highest BCUT2D eigenvalue weighted by atomic mass is 32.2. The van der Waals surface area contributed by atoms with Crippen molar-refractivity contribution >= 4 is 26.7 Å². The number of hydrogen-bond donors (Lipinski definition) is 1. The van der Waals surface area contributed by atoms with E-state index in [1.165, 1.54) is 12.3 Å². The molecule has 0 saturated heterocycles. The van der Waals surface area contributed by atoms with Crippen molar-refractivity contribution < 1.29 is 49.4 Å². The van der Waals surface area contributed by atoms with Gasteiger partial charge >= 0.3 is 23.3 Å². The minimum atomic E-state index is -5.73. The lowest BCUT2D eigenvalue weighted by Crippen LogP contribution is -2.29. The van der Waals surface area contributed by atoms with Crippen LogP contribution in [0.25, 0.3) is 16.6 Å². The molecular formula is C24H17F6N3O6S. The molecule has 9 nitrogen and oxygen atoms in total. The Morgan fingerprint density at radius 1 is 1.02 bits per heavy atom. The Labute approximate surface area is 220 Å². The summed E-state index contributed by atoms with van der Waals surface area (Å²) < 4.78 is 106. The van der Waals surface area contributed by atoms with Gasteiger partial charge in [-0.05, 0) is 48.9 Å². The van der Waals surface area contributed by atoms with Crippen LogP contribution in [0.4, 0.5) is 26.3 Å². The molecule has 2 aromatic carbocycles. The number of fused-ring (bicyclic) bond motifs is 1. The second kappa shape index (κ2) is 10.0. The van der Waals surface area contributed by atoms with Gasteiger partial charge in [0.1, 0.15) is 11.8 Å². The fourth-order valence-corrected chi connectivity index (χ4v) is 4.75. The number of imidazole rings is 1. The number of benzene rings is 2. The minimum Gasteiger partial charge on any atom is -0.493 e. The van der Waals surface area contributed by atoms with E-state index in [-0.39, 0.29) is 12.2 Å². The topological polar surface area (TPSA) is 120 Å². The van der Waals surface area contributed by atoms with Crippen molar-refractivity contribution in [2.24, 2.45) is 0 Å². The Hall–Kier alpha value is -4.34. The molecule has 0 spiro atoms. The maximum Gasteiger partial charge on any atom is 0.501 e. The first-order valence-electron chi connectivity index (χ1n) is 11.1. The molecule has 2 heterocycles. The first kappa shape index (κ1) is 28.7. The third-order valence-corrected chi connectivity index (χ3v) is 7.33. The normalized spacial score (nSPS) is 13.4. The fraction of sp³-hybridized carbons (Fsp3) is 0.208. The molecule has 4 aromatic rings. The van der Waals surface area contributed by atoms with Gasteiger partial charge < -0.3 is 9.84 Å². The van der Waals surface area contributed by atoms with Gasteiger partial charge in [-0.25, -0.2) is 22.6 Å². The summed E-state index contributed by atoms with van der Waals surface area (Å²) in [6, 6.07) is 10.9. The summed E-state index contributed by atoms with van der Waals surface area (Å²) in [5, 5.41) is 11.5. The van der Waals surface area contributed by atoms with E-state index >= 15 is 0 Å². The van der Waals surface area contributed by atoms with E-state index in [0.717, 1.165) is 23.6 Å².